The zero-order chi connectivity index (χ0) is 17.4. The van der Waals surface area contributed by atoms with E-state index < -0.39 is 28.1 Å². The van der Waals surface area contributed by atoms with Crippen LogP contribution in [0.3, 0.4) is 0 Å². The van der Waals surface area contributed by atoms with Crippen molar-refractivity contribution >= 4 is 17.1 Å². The molecule has 1 aliphatic rings. The third-order valence-electron chi connectivity index (χ3n) is 3.37. The molecular formula is C14H10FN3O6. The van der Waals surface area contributed by atoms with Gasteiger partial charge in [-0.25, -0.2) is 0 Å². The Labute approximate surface area is 133 Å². The van der Waals surface area contributed by atoms with Crippen LogP contribution in [0.15, 0.2) is 36.5 Å². The average Bonchev–Trinajstić information content (AvgIpc) is 3.02. The lowest BCUT2D eigenvalue weighted by Crippen LogP contribution is -2.35. The smallest absolute Gasteiger partial charge is 0.371 e. The van der Waals surface area contributed by atoms with Gasteiger partial charge in [-0.15, -0.1) is 9.12 Å². The van der Waals surface area contributed by atoms with Gasteiger partial charge in [0.1, 0.15) is 0 Å². The SMILES string of the molecule is O=[N+]([O-])c1cc(N2C=C(c3cccc(F)[n+]3[O-])OC2)cc(O)c1O. The highest BCUT2D eigenvalue weighted by molar-refractivity contribution is 5.70. The maximum Gasteiger partial charge on any atom is 0.371 e. The van der Waals surface area contributed by atoms with E-state index in [2.05, 4.69) is 0 Å². The number of phenolic OH excluding ortho intramolecular Hbond substituents is 2. The van der Waals surface area contributed by atoms with Crippen molar-refractivity contribution in [3.63, 3.8) is 0 Å². The Kier molecular flexibility index (Phi) is 3.56. The number of nitrogens with zero attached hydrogens (tertiary/aromatic N) is 3. The molecule has 0 fully saturated rings. The Bertz CT molecular complexity index is 870. The molecule has 1 aromatic heterocycles. The summed E-state index contributed by atoms with van der Waals surface area (Å²) >= 11 is 0. The molecule has 0 saturated heterocycles. The number of nitro groups is 1. The number of phenols is 2. The summed E-state index contributed by atoms with van der Waals surface area (Å²) in [5, 5.41) is 41.7. The van der Waals surface area contributed by atoms with Gasteiger partial charge >= 0.3 is 11.6 Å². The number of hydrogen-bond acceptors (Lipinski definition) is 7. The molecule has 0 amide bonds. The van der Waals surface area contributed by atoms with E-state index in [0.29, 0.717) is 0 Å². The van der Waals surface area contributed by atoms with Crippen LogP contribution in [0.2, 0.25) is 0 Å². The largest absolute Gasteiger partial charge is 0.616 e. The maximum absolute atomic E-state index is 13.3. The number of hydrogen-bond donors (Lipinski definition) is 2. The van der Waals surface area contributed by atoms with Gasteiger partial charge in [-0.3, -0.25) is 10.1 Å². The van der Waals surface area contributed by atoms with Crippen molar-refractivity contribution in [2.24, 2.45) is 0 Å². The first-order valence-electron chi connectivity index (χ1n) is 6.58. The van der Waals surface area contributed by atoms with Crippen molar-refractivity contribution in [3.8, 4) is 11.5 Å². The van der Waals surface area contributed by atoms with E-state index in [4.69, 9.17) is 4.74 Å². The topological polar surface area (TPSA) is 123 Å². The van der Waals surface area contributed by atoms with Gasteiger partial charge in [-0.2, -0.15) is 0 Å². The molecule has 0 bridgehead atoms. The molecule has 0 spiro atoms. The van der Waals surface area contributed by atoms with Crippen molar-refractivity contribution in [2.75, 3.05) is 11.6 Å². The number of nitro benzene ring substituents is 1. The van der Waals surface area contributed by atoms with Gasteiger partial charge in [-0.05, 0) is 6.07 Å². The van der Waals surface area contributed by atoms with Gasteiger partial charge in [0.2, 0.25) is 11.5 Å². The van der Waals surface area contributed by atoms with Crippen LogP contribution in [0.1, 0.15) is 5.69 Å². The van der Waals surface area contributed by atoms with E-state index in [9.17, 15) is 29.9 Å². The number of ether oxygens (including phenoxy) is 1. The molecule has 0 aliphatic carbocycles. The number of halogens is 1. The molecular weight excluding hydrogens is 325 g/mol. The van der Waals surface area contributed by atoms with Crippen molar-refractivity contribution in [1.29, 1.82) is 0 Å². The molecule has 0 unspecified atom stereocenters. The van der Waals surface area contributed by atoms with Gasteiger partial charge in [-0.1, -0.05) is 0 Å². The summed E-state index contributed by atoms with van der Waals surface area (Å²) in [5.41, 5.74) is -0.604. The van der Waals surface area contributed by atoms with Gasteiger partial charge < -0.3 is 25.1 Å². The first-order valence-corrected chi connectivity index (χ1v) is 6.58. The molecule has 0 radical (unpaired) electrons. The molecule has 24 heavy (non-hydrogen) atoms. The molecule has 10 heteroatoms. The van der Waals surface area contributed by atoms with Gasteiger partial charge in [0.15, 0.2) is 12.5 Å². The van der Waals surface area contributed by atoms with Crippen LogP contribution in [0.5, 0.6) is 11.5 Å². The molecule has 2 N–H and O–H groups in total. The lowest BCUT2D eigenvalue weighted by Gasteiger charge is -2.13. The van der Waals surface area contributed by atoms with Gasteiger partial charge in [0.25, 0.3) is 5.69 Å². The van der Waals surface area contributed by atoms with Crippen molar-refractivity contribution in [3.05, 3.63) is 63.5 Å². The standard InChI is InChI=1S/C14H10FN3O6/c15-13-3-1-2-9(17(13)21)12-6-16(7-24-12)8-4-10(18(22)23)14(20)11(19)5-8/h1-6,19-20H,7H2. The summed E-state index contributed by atoms with van der Waals surface area (Å²) in [7, 11) is 0. The lowest BCUT2D eigenvalue weighted by atomic mass is 10.2. The zero-order valence-electron chi connectivity index (χ0n) is 11.9. The predicted octanol–water partition coefficient (Wildman–Crippen LogP) is 1.57. The molecule has 1 aliphatic heterocycles. The van der Waals surface area contributed by atoms with E-state index in [1.165, 1.54) is 23.2 Å². The van der Waals surface area contributed by atoms with Crippen LogP contribution in [0.4, 0.5) is 15.8 Å². The first kappa shape index (κ1) is 15.3. The van der Waals surface area contributed by atoms with Crippen LogP contribution in [-0.4, -0.2) is 21.9 Å². The van der Waals surface area contributed by atoms with Crippen LogP contribution in [-0.2, 0) is 4.74 Å². The molecule has 2 heterocycles. The average molecular weight is 335 g/mol. The quantitative estimate of drug-likeness (QED) is 0.218. The Morgan fingerprint density at radius 2 is 2.08 bits per heavy atom. The number of aromatic hydroxyl groups is 2. The van der Waals surface area contributed by atoms with Crippen molar-refractivity contribution in [2.45, 2.75) is 0 Å². The fraction of sp³-hybridized carbons (Fsp3) is 0.0714. The normalized spacial score (nSPS) is 13.5. The molecule has 0 atom stereocenters. The number of pyridine rings is 1. The molecule has 1 aromatic carbocycles. The lowest BCUT2D eigenvalue weighted by molar-refractivity contribution is -0.640. The number of anilines is 1. The minimum absolute atomic E-state index is 0.0477. The summed E-state index contributed by atoms with van der Waals surface area (Å²) < 4.78 is 18.7. The minimum atomic E-state index is -1.01. The van der Waals surface area contributed by atoms with E-state index >= 15 is 0 Å². The fourth-order valence-electron chi connectivity index (χ4n) is 2.19. The summed E-state index contributed by atoms with van der Waals surface area (Å²) in [6, 6.07) is 5.81. The van der Waals surface area contributed by atoms with Gasteiger partial charge in [0.05, 0.1) is 16.8 Å². The Balaban J connectivity index is 2.00. The second kappa shape index (κ2) is 5.57. The highest BCUT2D eigenvalue weighted by Gasteiger charge is 2.27. The van der Waals surface area contributed by atoms with Crippen molar-refractivity contribution < 1.29 is 29.0 Å². The number of aromatic nitrogens is 1. The van der Waals surface area contributed by atoms with Crippen LogP contribution >= 0.6 is 0 Å². The summed E-state index contributed by atoms with van der Waals surface area (Å²) in [6.07, 6.45) is 1.33. The molecule has 0 saturated carbocycles. The highest BCUT2D eigenvalue weighted by Crippen LogP contribution is 2.40. The molecule has 9 nitrogen and oxygen atoms in total. The van der Waals surface area contributed by atoms with E-state index in [0.717, 1.165) is 18.2 Å². The second-order valence-corrected chi connectivity index (χ2v) is 4.85. The minimum Gasteiger partial charge on any atom is -0.616 e. The summed E-state index contributed by atoms with van der Waals surface area (Å²) in [5.74, 6) is -2.48. The van der Waals surface area contributed by atoms with E-state index in [1.807, 2.05) is 0 Å². The van der Waals surface area contributed by atoms with E-state index in [-0.39, 0.29) is 28.6 Å². The Morgan fingerprint density at radius 1 is 1.33 bits per heavy atom. The van der Waals surface area contributed by atoms with Crippen molar-refractivity contribution in [1.82, 2.24) is 0 Å². The monoisotopic (exact) mass is 335 g/mol. The summed E-state index contributed by atoms with van der Waals surface area (Å²) in [6.45, 7) is -0.118. The fourth-order valence-corrected chi connectivity index (χ4v) is 2.19. The molecule has 124 valence electrons. The maximum atomic E-state index is 13.3. The number of benzene rings is 1. The summed E-state index contributed by atoms with van der Waals surface area (Å²) in [4.78, 5) is 11.4. The Morgan fingerprint density at radius 3 is 2.79 bits per heavy atom. The number of rotatable bonds is 3. The Hall–Kier alpha value is -3.56. The van der Waals surface area contributed by atoms with E-state index in [1.54, 1.807) is 0 Å². The van der Waals surface area contributed by atoms with Gasteiger partial charge in [0, 0.05) is 24.3 Å². The van der Waals surface area contributed by atoms with Crippen LogP contribution < -0.4 is 9.63 Å². The molecule has 3 rings (SSSR count). The van der Waals surface area contributed by atoms with Crippen LogP contribution in [0.25, 0.3) is 5.76 Å². The molecule has 2 aromatic rings. The first-order chi connectivity index (χ1) is 11.4. The zero-order valence-corrected chi connectivity index (χ0v) is 11.9. The predicted molar refractivity (Wildman–Crippen MR) is 78.2 cm³/mol. The second-order valence-electron chi connectivity index (χ2n) is 4.85. The third kappa shape index (κ3) is 2.49. The third-order valence-corrected chi connectivity index (χ3v) is 3.37. The highest BCUT2D eigenvalue weighted by atomic mass is 19.1. The van der Waals surface area contributed by atoms with Crippen LogP contribution in [0, 0.1) is 21.3 Å².